The van der Waals surface area contributed by atoms with Crippen molar-refractivity contribution in [1.29, 1.82) is 0 Å². The fourth-order valence-electron chi connectivity index (χ4n) is 4.08. The van der Waals surface area contributed by atoms with Crippen molar-refractivity contribution in [1.82, 2.24) is 35.2 Å². The van der Waals surface area contributed by atoms with Crippen molar-refractivity contribution in [3.63, 3.8) is 0 Å². The van der Waals surface area contributed by atoms with Gasteiger partial charge >= 0.3 is 6.09 Å². The first kappa shape index (κ1) is 21.0. The van der Waals surface area contributed by atoms with Gasteiger partial charge in [-0.05, 0) is 44.7 Å². The number of carbonyl (C=O) groups is 2. The van der Waals surface area contributed by atoms with Gasteiger partial charge in [0, 0.05) is 32.2 Å². The van der Waals surface area contributed by atoms with E-state index in [-0.39, 0.29) is 24.0 Å². The molecule has 11 nitrogen and oxygen atoms in total. The van der Waals surface area contributed by atoms with E-state index in [1.807, 2.05) is 12.1 Å². The van der Waals surface area contributed by atoms with E-state index in [1.165, 1.54) is 6.33 Å². The third kappa shape index (κ3) is 5.09. The van der Waals surface area contributed by atoms with Gasteiger partial charge in [0.1, 0.15) is 12.7 Å². The number of amides is 2. The van der Waals surface area contributed by atoms with Gasteiger partial charge in [-0.25, -0.2) is 14.5 Å². The number of hydrogen-bond donors (Lipinski definition) is 1. The Morgan fingerprint density at radius 1 is 1.13 bits per heavy atom. The lowest BCUT2D eigenvalue weighted by Crippen LogP contribution is -2.50. The second kappa shape index (κ2) is 9.71. The molecule has 31 heavy (non-hydrogen) atoms. The van der Waals surface area contributed by atoms with Gasteiger partial charge in [0.05, 0.1) is 12.5 Å². The smallest absolute Gasteiger partial charge is 0.409 e. The molecule has 0 spiro atoms. The van der Waals surface area contributed by atoms with Crippen LogP contribution in [0.4, 0.5) is 10.6 Å². The van der Waals surface area contributed by atoms with Crippen LogP contribution in [0, 0.1) is 5.92 Å². The molecular formula is C20H28N8O3. The van der Waals surface area contributed by atoms with E-state index >= 15 is 0 Å². The Bertz CT molecular complexity index is 865. The van der Waals surface area contributed by atoms with E-state index in [0.29, 0.717) is 32.1 Å². The second-order valence-corrected chi connectivity index (χ2v) is 7.84. The van der Waals surface area contributed by atoms with Crippen LogP contribution >= 0.6 is 0 Å². The average molecular weight is 428 g/mol. The molecule has 2 aliphatic rings. The standard InChI is InChI=1S/C20H28N8O3/c1-2-31-20(30)26-10-7-16(8-11-26)23-19(29)15-4-3-9-27(12-15)17-5-6-18(25-24-17)28-14-21-13-22-28/h5-6,13-16H,2-4,7-12H2,1H3,(H,23,29)/t15-/m1/s1. The number of rotatable bonds is 5. The molecule has 4 heterocycles. The molecule has 4 rings (SSSR count). The highest BCUT2D eigenvalue weighted by Gasteiger charge is 2.30. The third-order valence-corrected chi connectivity index (χ3v) is 5.77. The molecule has 2 aliphatic heterocycles. The highest BCUT2D eigenvalue weighted by molar-refractivity contribution is 5.80. The molecular weight excluding hydrogens is 400 g/mol. The van der Waals surface area contributed by atoms with E-state index in [2.05, 4.69) is 30.5 Å². The Morgan fingerprint density at radius 2 is 1.90 bits per heavy atom. The molecule has 2 aromatic rings. The number of nitrogens with one attached hydrogen (secondary N) is 1. The summed E-state index contributed by atoms with van der Waals surface area (Å²) in [6.07, 6.45) is 6.02. The monoisotopic (exact) mass is 428 g/mol. The lowest BCUT2D eigenvalue weighted by atomic mass is 9.95. The topological polar surface area (TPSA) is 118 Å². The Hall–Kier alpha value is -3.24. The summed E-state index contributed by atoms with van der Waals surface area (Å²) < 4.78 is 6.60. The third-order valence-electron chi connectivity index (χ3n) is 5.77. The van der Waals surface area contributed by atoms with E-state index in [1.54, 1.807) is 22.8 Å². The number of anilines is 1. The maximum atomic E-state index is 12.9. The zero-order valence-corrected chi connectivity index (χ0v) is 17.7. The maximum Gasteiger partial charge on any atom is 0.409 e. The summed E-state index contributed by atoms with van der Waals surface area (Å²) in [4.78, 5) is 32.4. The first-order valence-corrected chi connectivity index (χ1v) is 10.8. The van der Waals surface area contributed by atoms with Crippen LogP contribution in [0.1, 0.15) is 32.6 Å². The molecule has 2 fully saturated rings. The minimum Gasteiger partial charge on any atom is -0.450 e. The molecule has 1 N–H and O–H groups in total. The molecule has 2 amide bonds. The minimum atomic E-state index is -0.272. The lowest BCUT2D eigenvalue weighted by Gasteiger charge is -2.35. The Labute approximate surface area is 180 Å². The highest BCUT2D eigenvalue weighted by Crippen LogP contribution is 2.22. The zero-order chi connectivity index (χ0) is 21.6. The van der Waals surface area contributed by atoms with Crippen molar-refractivity contribution in [2.75, 3.05) is 37.7 Å². The van der Waals surface area contributed by atoms with Gasteiger partial charge in [0.2, 0.25) is 5.91 Å². The van der Waals surface area contributed by atoms with Crippen molar-refractivity contribution in [3.05, 3.63) is 24.8 Å². The van der Waals surface area contributed by atoms with E-state index in [0.717, 1.165) is 38.0 Å². The van der Waals surface area contributed by atoms with Crippen molar-refractivity contribution in [2.45, 2.75) is 38.6 Å². The summed E-state index contributed by atoms with van der Waals surface area (Å²) in [5, 5.41) is 15.8. The zero-order valence-electron chi connectivity index (χ0n) is 17.7. The van der Waals surface area contributed by atoms with E-state index in [9.17, 15) is 9.59 Å². The number of piperidine rings is 2. The predicted molar refractivity (Wildman–Crippen MR) is 112 cm³/mol. The Morgan fingerprint density at radius 3 is 2.58 bits per heavy atom. The van der Waals surface area contributed by atoms with Gasteiger partial charge in [-0.2, -0.15) is 5.10 Å². The quantitative estimate of drug-likeness (QED) is 0.750. The predicted octanol–water partition coefficient (Wildman–Crippen LogP) is 1.01. The first-order valence-electron chi connectivity index (χ1n) is 10.8. The van der Waals surface area contributed by atoms with Crippen LogP contribution in [0.25, 0.3) is 5.82 Å². The van der Waals surface area contributed by atoms with Crippen molar-refractivity contribution in [3.8, 4) is 5.82 Å². The molecule has 0 bridgehead atoms. The first-order chi connectivity index (χ1) is 15.1. The van der Waals surface area contributed by atoms with Crippen molar-refractivity contribution < 1.29 is 14.3 Å². The SMILES string of the molecule is CCOC(=O)N1CCC(NC(=O)[C@@H]2CCCN(c3ccc(-n4cncn4)nn3)C2)CC1. The average Bonchev–Trinajstić information content (AvgIpc) is 3.35. The summed E-state index contributed by atoms with van der Waals surface area (Å²) in [6, 6.07) is 3.84. The van der Waals surface area contributed by atoms with Gasteiger partial charge in [-0.3, -0.25) is 4.79 Å². The number of nitrogens with zero attached hydrogens (tertiary/aromatic N) is 7. The van der Waals surface area contributed by atoms with Gasteiger partial charge < -0.3 is 19.9 Å². The largest absolute Gasteiger partial charge is 0.450 e. The van der Waals surface area contributed by atoms with Crippen molar-refractivity contribution in [2.24, 2.45) is 5.92 Å². The molecule has 166 valence electrons. The van der Waals surface area contributed by atoms with Gasteiger partial charge in [-0.1, -0.05) is 0 Å². The normalized spacial score (nSPS) is 19.8. The number of aromatic nitrogens is 5. The summed E-state index contributed by atoms with van der Waals surface area (Å²) in [6.45, 7) is 4.85. The Balaban J connectivity index is 1.28. The highest BCUT2D eigenvalue weighted by atomic mass is 16.6. The van der Waals surface area contributed by atoms with Crippen LogP contribution in [0.5, 0.6) is 0 Å². The summed E-state index contributed by atoms with van der Waals surface area (Å²) >= 11 is 0. The molecule has 2 aromatic heterocycles. The van der Waals surface area contributed by atoms with Gasteiger partial charge in [0.15, 0.2) is 11.6 Å². The van der Waals surface area contributed by atoms with Crippen LogP contribution in [0.2, 0.25) is 0 Å². The summed E-state index contributed by atoms with van der Waals surface area (Å²) in [5.74, 6) is 1.34. The maximum absolute atomic E-state index is 12.9. The molecule has 1 atom stereocenters. The molecule has 0 aromatic carbocycles. The van der Waals surface area contributed by atoms with Gasteiger partial charge in [0.25, 0.3) is 0 Å². The van der Waals surface area contributed by atoms with Crippen LogP contribution in [0.15, 0.2) is 24.8 Å². The van der Waals surface area contributed by atoms with Crippen LogP contribution in [-0.4, -0.2) is 80.7 Å². The molecule has 0 aliphatic carbocycles. The van der Waals surface area contributed by atoms with E-state index < -0.39 is 0 Å². The number of likely N-dealkylation sites (tertiary alicyclic amines) is 1. The number of hydrogen-bond acceptors (Lipinski definition) is 8. The fourth-order valence-corrected chi connectivity index (χ4v) is 4.08. The number of ether oxygens (including phenoxy) is 1. The molecule has 0 unspecified atom stereocenters. The van der Waals surface area contributed by atoms with Crippen LogP contribution < -0.4 is 10.2 Å². The van der Waals surface area contributed by atoms with Gasteiger partial charge in [-0.15, -0.1) is 10.2 Å². The Kier molecular flexibility index (Phi) is 6.58. The van der Waals surface area contributed by atoms with Crippen LogP contribution in [-0.2, 0) is 9.53 Å². The van der Waals surface area contributed by atoms with Crippen LogP contribution in [0.3, 0.4) is 0 Å². The van der Waals surface area contributed by atoms with Crippen molar-refractivity contribution >= 4 is 17.8 Å². The lowest BCUT2D eigenvalue weighted by molar-refractivity contribution is -0.126. The summed E-state index contributed by atoms with van der Waals surface area (Å²) in [7, 11) is 0. The molecule has 11 heteroatoms. The molecule has 2 saturated heterocycles. The minimum absolute atomic E-state index is 0.0754. The number of carbonyl (C=O) groups excluding carboxylic acids is 2. The summed E-state index contributed by atoms with van der Waals surface area (Å²) in [5.41, 5.74) is 0. The van der Waals surface area contributed by atoms with E-state index in [4.69, 9.17) is 4.74 Å². The molecule has 0 saturated carbocycles. The molecule has 0 radical (unpaired) electrons. The fraction of sp³-hybridized carbons (Fsp3) is 0.600. The second-order valence-electron chi connectivity index (χ2n) is 7.84.